The lowest BCUT2D eigenvalue weighted by Crippen LogP contribution is -2.29. The van der Waals surface area contributed by atoms with Crippen LogP contribution in [-0.2, 0) is 11.4 Å². The molecule has 2 amide bonds. The van der Waals surface area contributed by atoms with E-state index in [1.807, 2.05) is 0 Å². The second-order valence-corrected chi connectivity index (χ2v) is 4.95. The van der Waals surface area contributed by atoms with Crippen molar-refractivity contribution in [3.63, 3.8) is 0 Å². The van der Waals surface area contributed by atoms with Gasteiger partial charge in [0.15, 0.2) is 5.76 Å². The molecule has 0 saturated carbocycles. The highest BCUT2D eigenvalue weighted by Gasteiger charge is 2.36. The summed E-state index contributed by atoms with van der Waals surface area (Å²) in [6, 6.07) is 6.52. The lowest BCUT2D eigenvalue weighted by Gasteiger charge is -2.11. The van der Waals surface area contributed by atoms with Crippen molar-refractivity contribution in [3.05, 3.63) is 45.6 Å². The number of nitrogens with zero attached hydrogens (tertiary/aromatic N) is 2. The number of benzene rings is 1. The highest BCUT2D eigenvalue weighted by Crippen LogP contribution is 2.29. The first-order valence-electron chi connectivity index (χ1n) is 5.92. The number of carbonyl (C=O) groups excluding carboxylic acids is 2. The van der Waals surface area contributed by atoms with Crippen molar-refractivity contribution >= 4 is 27.7 Å². The van der Waals surface area contributed by atoms with Crippen molar-refractivity contribution in [3.8, 4) is 5.88 Å². The Morgan fingerprint density at radius 1 is 1.24 bits per heavy atom. The van der Waals surface area contributed by atoms with Crippen LogP contribution >= 0.6 is 15.9 Å². The molecule has 1 aliphatic rings. The molecule has 0 fully saturated rings. The van der Waals surface area contributed by atoms with Crippen LogP contribution in [0.25, 0.3) is 0 Å². The summed E-state index contributed by atoms with van der Waals surface area (Å²) in [7, 11) is 1.44. The SMILES string of the molecule is COc1noc(CON2C(=O)c3ccccc3C2=O)c1Br. The molecule has 0 saturated heterocycles. The van der Waals surface area contributed by atoms with Gasteiger partial charge in [-0.15, -0.1) is 5.06 Å². The van der Waals surface area contributed by atoms with Crippen LogP contribution in [-0.4, -0.2) is 29.1 Å². The molecule has 108 valence electrons. The molecule has 0 spiro atoms. The Morgan fingerprint density at radius 2 is 1.86 bits per heavy atom. The highest BCUT2D eigenvalue weighted by atomic mass is 79.9. The van der Waals surface area contributed by atoms with E-state index in [4.69, 9.17) is 14.1 Å². The lowest BCUT2D eigenvalue weighted by atomic mass is 10.1. The Balaban J connectivity index is 1.76. The summed E-state index contributed by atoms with van der Waals surface area (Å²) < 4.78 is 10.4. The van der Waals surface area contributed by atoms with E-state index in [2.05, 4.69) is 21.1 Å². The van der Waals surface area contributed by atoms with Gasteiger partial charge < -0.3 is 9.26 Å². The van der Waals surface area contributed by atoms with Gasteiger partial charge in [-0.2, -0.15) is 0 Å². The minimum Gasteiger partial charge on any atom is -0.478 e. The number of carbonyl (C=O) groups is 2. The number of hydrogen-bond donors (Lipinski definition) is 0. The van der Waals surface area contributed by atoms with E-state index in [0.29, 0.717) is 26.4 Å². The van der Waals surface area contributed by atoms with Crippen molar-refractivity contribution in [2.24, 2.45) is 0 Å². The Bertz CT molecular complexity index is 692. The Hall–Kier alpha value is -2.19. The Morgan fingerprint density at radius 3 is 2.38 bits per heavy atom. The first kappa shape index (κ1) is 13.8. The number of aromatic nitrogens is 1. The van der Waals surface area contributed by atoms with Crippen molar-refractivity contribution < 1.29 is 23.7 Å². The fraction of sp³-hybridized carbons (Fsp3) is 0.154. The van der Waals surface area contributed by atoms with Crippen LogP contribution in [0.2, 0.25) is 0 Å². The standard InChI is InChI=1S/C13H9BrN2O5/c1-19-11-10(14)9(21-15-11)6-20-16-12(17)7-4-2-3-5-8(7)13(16)18/h2-5H,6H2,1H3. The molecule has 0 atom stereocenters. The molecule has 1 aromatic heterocycles. The molecule has 2 aromatic rings. The fourth-order valence-electron chi connectivity index (χ4n) is 1.92. The summed E-state index contributed by atoms with van der Waals surface area (Å²) in [4.78, 5) is 29.4. The number of amides is 2. The van der Waals surface area contributed by atoms with Crippen LogP contribution in [0.4, 0.5) is 0 Å². The van der Waals surface area contributed by atoms with E-state index < -0.39 is 11.8 Å². The molecule has 0 unspecified atom stereocenters. The number of imide groups is 1. The van der Waals surface area contributed by atoms with Crippen molar-refractivity contribution in [1.29, 1.82) is 0 Å². The molecule has 8 heteroatoms. The minimum absolute atomic E-state index is 0.136. The van der Waals surface area contributed by atoms with E-state index in [0.717, 1.165) is 0 Å². The van der Waals surface area contributed by atoms with E-state index in [-0.39, 0.29) is 12.5 Å². The molecule has 2 heterocycles. The predicted molar refractivity (Wildman–Crippen MR) is 72.5 cm³/mol. The van der Waals surface area contributed by atoms with Crippen molar-refractivity contribution in [2.45, 2.75) is 6.61 Å². The Labute approximate surface area is 127 Å². The van der Waals surface area contributed by atoms with E-state index in [9.17, 15) is 9.59 Å². The molecule has 7 nitrogen and oxygen atoms in total. The van der Waals surface area contributed by atoms with Gasteiger partial charge in [-0.3, -0.25) is 14.4 Å². The van der Waals surface area contributed by atoms with E-state index >= 15 is 0 Å². The zero-order valence-electron chi connectivity index (χ0n) is 10.8. The summed E-state index contributed by atoms with van der Waals surface area (Å²) >= 11 is 3.23. The molecular weight excluding hydrogens is 344 g/mol. The zero-order valence-corrected chi connectivity index (χ0v) is 12.4. The van der Waals surface area contributed by atoms with Crippen LogP contribution in [0.15, 0.2) is 33.3 Å². The maximum atomic E-state index is 12.1. The van der Waals surface area contributed by atoms with Gasteiger partial charge >= 0.3 is 0 Å². The quantitative estimate of drug-likeness (QED) is 0.784. The summed E-state index contributed by atoms with van der Waals surface area (Å²) in [5.74, 6) is -0.434. The van der Waals surface area contributed by atoms with Gasteiger partial charge in [0.1, 0.15) is 11.1 Å². The second-order valence-electron chi connectivity index (χ2n) is 4.15. The molecule has 1 aliphatic heterocycles. The predicted octanol–water partition coefficient (Wildman–Crippen LogP) is 2.17. The van der Waals surface area contributed by atoms with Crippen LogP contribution in [0.1, 0.15) is 26.5 Å². The van der Waals surface area contributed by atoms with Crippen molar-refractivity contribution in [1.82, 2.24) is 10.2 Å². The summed E-state index contributed by atoms with van der Waals surface area (Å²) in [6.07, 6.45) is 0. The summed E-state index contributed by atoms with van der Waals surface area (Å²) in [6.45, 7) is -0.136. The molecule has 0 N–H and O–H groups in total. The first-order chi connectivity index (χ1) is 10.1. The molecule has 0 bridgehead atoms. The van der Waals surface area contributed by atoms with Crippen LogP contribution < -0.4 is 4.74 Å². The highest BCUT2D eigenvalue weighted by molar-refractivity contribution is 9.10. The largest absolute Gasteiger partial charge is 0.478 e. The molecule has 1 aromatic carbocycles. The average Bonchev–Trinajstić information content (AvgIpc) is 2.97. The van der Waals surface area contributed by atoms with Gasteiger partial charge in [-0.1, -0.05) is 12.1 Å². The molecule has 21 heavy (non-hydrogen) atoms. The van der Waals surface area contributed by atoms with Gasteiger partial charge in [0.05, 0.1) is 18.2 Å². The maximum Gasteiger partial charge on any atom is 0.285 e. The number of halogens is 1. The molecule has 0 radical (unpaired) electrons. The van der Waals surface area contributed by atoms with Crippen LogP contribution in [0, 0.1) is 0 Å². The summed E-state index contributed by atoms with van der Waals surface area (Å²) in [5, 5.41) is 4.36. The number of hydrogen-bond acceptors (Lipinski definition) is 6. The number of ether oxygens (including phenoxy) is 1. The molecule has 0 aliphatic carbocycles. The summed E-state index contributed by atoms with van der Waals surface area (Å²) in [5.41, 5.74) is 0.633. The van der Waals surface area contributed by atoms with Gasteiger partial charge in [-0.25, -0.2) is 0 Å². The van der Waals surface area contributed by atoms with Crippen LogP contribution in [0.5, 0.6) is 5.88 Å². The van der Waals surface area contributed by atoms with Crippen molar-refractivity contribution in [2.75, 3.05) is 7.11 Å². The van der Waals surface area contributed by atoms with E-state index in [1.54, 1.807) is 24.3 Å². The van der Waals surface area contributed by atoms with Gasteiger partial charge in [-0.05, 0) is 33.2 Å². The molecular formula is C13H9BrN2O5. The Kier molecular flexibility index (Phi) is 3.48. The van der Waals surface area contributed by atoms with E-state index in [1.165, 1.54) is 7.11 Å². The zero-order chi connectivity index (χ0) is 15.0. The lowest BCUT2D eigenvalue weighted by molar-refractivity contribution is -0.106. The van der Waals surface area contributed by atoms with Gasteiger partial charge in [0.2, 0.25) is 0 Å². The number of hydroxylamine groups is 2. The topological polar surface area (TPSA) is 81.9 Å². The number of methoxy groups -OCH3 is 1. The third-order valence-electron chi connectivity index (χ3n) is 2.95. The number of fused-ring (bicyclic) bond motifs is 1. The second kappa shape index (κ2) is 5.30. The monoisotopic (exact) mass is 352 g/mol. The first-order valence-corrected chi connectivity index (χ1v) is 6.71. The maximum absolute atomic E-state index is 12.1. The third-order valence-corrected chi connectivity index (χ3v) is 3.73. The molecule has 3 rings (SSSR count). The van der Waals surface area contributed by atoms with Gasteiger partial charge in [0, 0.05) is 0 Å². The normalized spacial score (nSPS) is 13.7. The van der Waals surface area contributed by atoms with Crippen LogP contribution in [0.3, 0.4) is 0 Å². The number of rotatable bonds is 4. The van der Waals surface area contributed by atoms with Gasteiger partial charge in [0.25, 0.3) is 17.7 Å². The smallest absolute Gasteiger partial charge is 0.285 e. The third kappa shape index (κ3) is 2.22. The average molecular weight is 353 g/mol. The fourth-order valence-corrected chi connectivity index (χ4v) is 2.34. The minimum atomic E-state index is -0.502.